The van der Waals surface area contributed by atoms with Gasteiger partial charge in [-0.05, 0) is 32.9 Å². The second-order valence-electron chi connectivity index (χ2n) is 5.32. The van der Waals surface area contributed by atoms with Crippen molar-refractivity contribution in [2.75, 3.05) is 5.32 Å². The van der Waals surface area contributed by atoms with Crippen LogP contribution in [-0.2, 0) is 22.5 Å². The van der Waals surface area contributed by atoms with E-state index in [-0.39, 0.29) is 5.97 Å². The maximum Gasteiger partial charge on any atom is 0.311 e. The highest BCUT2D eigenvalue weighted by Crippen LogP contribution is 2.20. The minimum absolute atomic E-state index is 0.182. The fraction of sp³-hybridized carbons (Fsp3) is 0.429. The van der Waals surface area contributed by atoms with E-state index in [9.17, 15) is 4.79 Å². The molecule has 0 aliphatic heterocycles. The van der Waals surface area contributed by atoms with Crippen molar-refractivity contribution in [2.45, 2.75) is 39.3 Å². The fourth-order valence-corrected chi connectivity index (χ4v) is 3.08. The first-order valence-electron chi connectivity index (χ1n) is 6.35. The molecule has 0 aromatic carbocycles. The van der Waals surface area contributed by atoms with Gasteiger partial charge in [0.1, 0.15) is 5.60 Å². The van der Waals surface area contributed by atoms with Crippen molar-refractivity contribution in [1.29, 1.82) is 0 Å². The van der Waals surface area contributed by atoms with Crippen molar-refractivity contribution < 1.29 is 9.53 Å². The minimum Gasteiger partial charge on any atom is -0.460 e. The summed E-state index contributed by atoms with van der Waals surface area (Å²) in [6, 6.07) is 4.01. The first kappa shape index (κ1) is 15.0. The second kappa shape index (κ2) is 6.37. The molecular formula is C14H18N2O2S2. The highest BCUT2D eigenvalue weighted by Gasteiger charge is 2.17. The average Bonchev–Trinajstić information content (AvgIpc) is 2.94. The molecule has 0 aliphatic rings. The largest absolute Gasteiger partial charge is 0.460 e. The van der Waals surface area contributed by atoms with Gasteiger partial charge >= 0.3 is 5.97 Å². The number of thiophene rings is 1. The SMILES string of the molecule is CC(C)(C)OC(=O)Cc1ccc(CNc2nccs2)s1. The first-order valence-corrected chi connectivity index (χ1v) is 8.05. The number of hydrogen-bond acceptors (Lipinski definition) is 6. The summed E-state index contributed by atoms with van der Waals surface area (Å²) in [4.78, 5) is 18.1. The molecule has 2 heterocycles. The van der Waals surface area contributed by atoms with E-state index in [0.29, 0.717) is 6.42 Å². The third kappa shape index (κ3) is 4.94. The molecule has 0 amide bonds. The van der Waals surface area contributed by atoms with Crippen molar-refractivity contribution in [3.8, 4) is 0 Å². The number of ether oxygens (including phenoxy) is 1. The number of carbonyl (C=O) groups excluding carboxylic acids is 1. The molecule has 0 radical (unpaired) electrons. The molecule has 0 atom stereocenters. The summed E-state index contributed by atoms with van der Waals surface area (Å²) in [6.45, 7) is 6.36. The Hall–Kier alpha value is -1.40. The van der Waals surface area contributed by atoms with Gasteiger partial charge in [0.25, 0.3) is 0 Å². The Morgan fingerprint density at radius 3 is 2.75 bits per heavy atom. The molecule has 6 heteroatoms. The molecule has 2 aromatic heterocycles. The van der Waals surface area contributed by atoms with E-state index in [2.05, 4.69) is 10.3 Å². The summed E-state index contributed by atoms with van der Waals surface area (Å²) in [5.74, 6) is -0.182. The van der Waals surface area contributed by atoms with Gasteiger partial charge in [0, 0.05) is 21.3 Å². The van der Waals surface area contributed by atoms with Gasteiger partial charge in [0.2, 0.25) is 0 Å². The van der Waals surface area contributed by atoms with Crippen molar-refractivity contribution in [2.24, 2.45) is 0 Å². The number of hydrogen-bond donors (Lipinski definition) is 1. The Balaban J connectivity index is 1.84. The summed E-state index contributed by atoms with van der Waals surface area (Å²) in [7, 11) is 0. The normalized spacial score (nSPS) is 11.3. The van der Waals surface area contributed by atoms with Gasteiger partial charge in [-0.25, -0.2) is 4.98 Å². The predicted molar refractivity (Wildman–Crippen MR) is 83.3 cm³/mol. The monoisotopic (exact) mass is 310 g/mol. The Labute approximate surface area is 126 Å². The highest BCUT2D eigenvalue weighted by molar-refractivity contribution is 7.13. The first-order chi connectivity index (χ1) is 9.42. The number of anilines is 1. The zero-order valence-corrected chi connectivity index (χ0v) is 13.4. The van der Waals surface area contributed by atoms with E-state index in [4.69, 9.17) is 4.74 Å². The molecule has 4 nitrogen and oxygen atoms in total. The summed E-state index contributed by atoms with van der Waals surface area (Å²) < 4.78 is 5.31. The Morgan fingerprint density at radius 2 is 2.10 bits per heavy atom. The number of thiazole rings is 1. The number of nitrogens with one attached hydrogen (secondary N) is 1. The molecule has 0 aliphatic carbocycles. The van der Waals surface area contributed by atoms with Crippen molar-refractivity contribution in [1.82, 2.24) is 4.98 Å². The van der Waals surface area contributed by atoms with Crippen LogP contribution in [0.2, 0.25) is 0 Å². The Kier molecular flexibility index (Phi) is 4.77. The molecule has 0 saturated carbocycles. The van der Waals surface area contributed by atoms with Gasteiger partial charge in [0.05, 0.1) is 13.0 Å². The van der Waals surface area contributed by atoms with Gasteiger partial charge < -0.3 is 10.1 Å². The molecule has 2 aromatic rings. The Bertz CT molecular complexity index is 556. The predicted octanol–water partition coefficient (Wildman–Crippen LogP) is 3.70. The number of nitrogens with zero attached hydrogens (tertiary/aromatic N) is 1. The van der Waals surface area contributed by atoms with Gasteiger partial charge in [-0.1, -0.05) is 0 Å². The summed E-state index contributed by atoms with van der Waals surface area (Å²) in [5.41, 5.74) is -0.427. The Morgan fingerprint density at radius 1 is 1.35 bits per heavy atom. The lowest BCUT2D eigenvalue weighted by atomic mass is 10.2. The molecule has 0 unspecified atom stereocenters. The van der Waals surface area contributed by atoms with E-state index in [1.165, 1.54) is 4.88 Å². The van der Waals surface area contributed by atoms with E-state index < -0.39 is 5.60 Å². The maximum absolute atomic E-state index is 11.7. The van der Waals surface area contributed by atoms with Crippen LogP contribution in [0.25, 0.3) is 0 Å². The molecule has 1 N–H and O–H groups in total. The van der Waals surface area contributed by atoms with E-state index in [0.717, 1.165) is 16.6 Å². The van der Waals surface area contributed by atoms with E-state index in [1.54, 1.807) is 28.9 Å². The maximum atomic E-state index is 11.7. The summed E-state index contributed by atoms with van der Waals surface area (Å²) >= 11 is 3.20. The third-order valence-electron chi connectivity index (χ3n) is 2.30. The molecule has 0 saturated heterocycles. The summed E-state index contributed by atoms with van der Waals surface area (Å²) in [6.07, 6.45) is 2.11. The number of aromatic nitrogens is 1. The van der Waals surface area contributed by atoms with Crippen LogP contribution in [0.1, 0.15) is 30.5 Å². The summed E-state index contributed by atoms with van der Waals surface area (Å²) in [5, 5.41) is 6.09. The van der Waals surface area contributed by atoms with Gasteiger partial charge in [0.15, 0.2) is 5.13 Å². The molecule has 0 fully saturated rings. The van der Waals surface area contributed by atoms with Crippen LogP contribution in [0.3, 0.4) is 0 Å². The van der Waals surface area contributed by atoms with Crippen LogP contribution in [0, 0.1) is 0 Å². The lowest BCUT2D eigenvalue weighted by Gasteiger charge is -2.19. The zero-order valence-electron chi connectivity index (χ0n) is 11.8. The topological polar surface area (TPSA) is 51.2 Å². The third-order valence-corrected chi connectivity index (χ3v) is 4.12. The van der Waals surface area contributed by atoms with Crippen LogP contribution in [0.5, 0.6) is 0 Å². The lowest BCUT2D eigenvalue weighted by Crippen LogP contribution is -2.24. The molecule has 2 rings (SSSR count). The van der Waals surface area contributed by atoms with Gasteiger partial charge in [-0.3, -0.25) is 4.79 Å². The van der Waals surface area contributed by atoms with Crippen LogP contribution in [0.4, 0.5) is 5.13 Å². The van der Waals surface area contributed by atoms with Crippen molar-refractivity contribution in [3.05, 3.63) is 33.5 Å². The minimum atomic E-state index is -0.427. The lowest BCUT2D eigenvalue weighted by molar-refractivity contribution is -0.153. The standard InChI is InChI=1S/C14H18N2O2S2/c1-14(2,3)18-12(17)8-10-4-5-11(20-10)9-16-13-15-6-7-19-13/h4-7H,8-9H2,1-3H3,(H,15,16). The molecule has 0 bridgehead atoms. The van der Waals surface area contributed by atoms with Crippen LogP contribution < -0.4 is 5.32 Å². The van der Waals surface area contributed by atoms with Crippen LogP contribution >= 0.6 is 22.7 Å². The molecule has 0 spiro atoms. The van der Waals surface area contributed by atoms with E-state index >= 15 is 0 Å². The zero-order chi connectivity index (χ0) is 14.6. The smallest absolute Gasteiger partial charge is 0.311 e. The van der Waals surface area contributed by atoms with Gasteiger partial charge in [-0.15, -0.1) is 22.7 Å². The quantitative estimate of drug-likeness (QED) is 0.856. The van der Waals surface area contributed by atoms with Crippen molar-refractivity contribution in [3.63, 3.8) is 0 Å². The fourth-order valence-electron chi connectivity index (χ4n) is 1.61. The number of rotatable bonds is 5. The molecule has 108 valence electrons. The molecular weight excluding hydrogens is 292 g/mol. The highest BCUT2D eigenvalue weighted by atomic mass is 32.1. The number of carbonyl (C=O) groups is 1. The van der Waals surface area contributed by atoms with Gasteiger partial charge in [-0.2, -0.15) is 0 Å². The van der Waals surface area contributed by atoms with Crippen LogP contribution in [0.15, 0.2) is 23.7 Å². The van der Waals surface area contributed by atoms with Crippen molar-refractivity contribution >= 4 is 33.8 Å². The molecule has 20 heavy (non-hydrogen) atoms. The van der Waals surface area contributed by atoms with E-state index in [1.807, 2.05) is 38.3 Å². The van der Waals surface area contributed by atoms with Crippen LogP contribution in [-0.4, -0.2) is 16.6 Å². The number of esters is 1. The second-order valence-corrected chi connectivity index (χ2v) is 7.47. The average molecular weight is 310 g/mol.